The van der Waals surface area contributed by atoms with Crippen LogP contribution in [0.4, 0.5) is 26.3 Å². The summed E-state index contributed by atoms with van der Waals surface area (Å²) >= 11 is 2.13. The van der Waals surface area contributed by atoms with Gasteiger partial charge in [-0.1, -0.05) is 6.07 Å². The van der Waals surface area contributed by atoms with Crippen molar-refractivity contribution in [3.63, 3.8) is 0 Å². The number of alkyl halides is 6. The number of carboxylic acid groups (broad SMARTS) is 2. The predicted molar refractivity (Wildman–Crippen MR) is 120 cm³/mol. The summed E-state index contributed by atoms with van der Waals surface area (Å²) in [5.41, 5.74) is 1.32. The zero-order chi connectivity index (χ0) is 27.7. The Labute approximate surface area is 213 Å². The van der Waals surface area contributed by atoms with Gasteiger partial charge in [0.2, 0.25) is 0 Å². The van der Waals surface area contributed by atoms with Crippen LogP contribution in [0.25, 0.3) is 0 Å². The Balaban J connectivity index is 0.000000286. The van der Waals surface area contributed by atoms with E-state index in [1.54, 1.807) is 0 Å². The third-order valence-corrected chi connectivity index (χ3v) is 7.30. The first-order chi connectivity index (χ1) is 17.2. The van der Waals surface area contributed by atoms with Gasteiger partial charge >= 0.3 is 24.3 Å². The van der Waals surface area contributed by atoms with Crippen molar-refractivity contribution in [2.45, 2.75) is 49.0 Å². The number of hydrogen-bond donors (Lipinski definition) is 2. The molecule has 0 radical (unpaired) electrons. The lowest BCUT2D eigenvalue weighted by atomic mass is 9.92. The first-order valence-electron chi connectivity index (χ1n) is 11.2. The lowest BCUT2D eigenvalue weighted by molar-refractivity contribution is -0.193. The average Bonchev–Trinajstić information content (AvgIpc) is 3.23. The largest absolute Gasteiger partial charge is 0.490 e. The lowest BCUT2D eigenvalue weighted by Crippen LogP contribution is -2.58. The second-order valence-electron chi connectivity index (χ2n) is 8.82. The van der Waals surface area contributed by atoms with Crippen LogP contribution >= 0.6 is 11.8 Å². The molecule has 2 N–H and O–H groups in total. The van der Waals surface area contributed by atoms with E-state index in [2.05, 4.69) is 27.7 Å². The van der Waals surface area contributed by atoms with Crippen molar-refractivity contribution in [3.8, 4) is 0 Å². The van der Waals surface area contributed by atoms with Crippen LogP contribution in [0.1, 0.15) is 24.8 Å². The van der Waals surface area contributed by atoms with E-state index in [0.717, 1.165) is 26.4 Å². The van der Waals surface area contributed by atoms with Crippen molar-refractivity contribution in [1.29, 1.82) is 0 Å². The Morgan fingerprint density at radius 3 is 2.16 bits per heavy atom. The van der Waals surface area contributed by atoms with Crippen molar-refractivity contribution in [1.82, 2.24) is 9.88 Å². The number of rotatable bonds is 5. The first-order valence-corrected chi connectivity index (χ1v) is 12.2. The summed E-state index contributed by atoms with van der Waals surface area (Å²) in [5, 5.41) is 14.2. The van der Waals surface area contributed by atoms with E-state index in [-0.39, 0.29) is 0 Å². The Bertz CT molecular complexity index is 837. The van der Waals surface area contributed by atoms with Gasteiger partial charge in [0.05, 0.1) is 6.10 Å². The maximum atomic E-state index is 10.6. The van der Waals surface area contributed by atoms with E-state index in [9.17, 15) is 26.3 Å². The lowest BCUT2D eigenvalue weighted by Gasteiger charge is -2.47. The van der Waals surface area contributed by atoms with E-state index < -0.39 is 24.3 Å². The third kappa shape index (κ3) is 11.0. The SMILES string of the molecule is O=C(O)C(F)(F)F.O=C(O)C(F)(F)F.c1cncc(CN2CC3(CC(OCC4CCOCC4)CS3)C2)c1. The second kappa shape index (κ2) is 13.6. The molecule has 210 valence electrons. The van der Waals surface area contributed by atoms with Gasteiger partial charge in [0, 0.05) is 62.3 Å². The molecule has 1 unspecified atom stereocenters. The minimum atomic E-state index is -5.08. The Kier molecular flexibility index (Phi) is 11.5. The average molecular weight is 563 g/mol. The number of thioether (sulfide) groups is 1. The summed E-state index contributed by atoms with van der Waals surface area (Å²) in [6.07, 6.45) is -2.32. The predicted octanol–water partition coefficient (Wildman–Crippen LogP) is 3.85. The maximum absolute atomic E-state index is 10.6. The number of aliphatic carboxylic acids is 2. The van der Waals surface area contributed by atoms with E-state index in [1.165, 1.54) is 43.7 Å². The van der Waals surface area contributed by atoms with Crippen molar-refractivity contribution in [2.24, 2.45) is 5.92 Å². The second-order valence-corrected chi connectivity index (χ2v) is 10.3. The number of carboxylic acids is 2. The molecule has 15 heteroatoms. The highest BCUT2D eigenvalue weighted by Crippen LogP contribution is 2.46. The smallest absolute Gasteiger partial charge is 0.475 e. The Hall–Kier alpha value is -2.10. The van der Waals surface area contributed by atoms with Gasteiger partial charge in [-0.05, 0) is 36.8 Å². The van der Waals surface area contributed by atoms with Gasteiger partial charge in [-0.3, -0.25) is 9.88 Å². The van der Waals surface area contributed by atoms with Gasteiger partial charge in [0.15, 0.2) is 0 Å². The number of likely N-dealkylation sites (tertiary alicyclic amines) is 1. The van der Waals surface area contributed by atoms with Crippen LogP contribution in [0, 0.1) is 5.92 Å². The molecule has 0 aliphatic carbocycles. The number of ether oxygens (including phenoxy) is 2. The molecule has 0 saturated carbocycles. The van der Waals surface area contributed by atoms with Gasteiger partial charge in [-0.25, -0.2) is 9.59 Å². The fourth-order valence-electron chi connectivity index (χ4n) is 3.95. The van der Waals surface area contributed by atoms with Crippen LogP contribution < -0.4 is 0 Å². The minimum Gasteiger partial charge on any atom is -0.475 e. The highest BCUT2D eigenvalue weighted by atomic mass is 32.2. The number of hydrogen-bond acceptors (Lipinski definition) is 7. The van der Waals surface area contributed by atoms with Gasteiger partial charge in [0.25, 0.3) is 0 Å². The summed E-state index contributed by atoms with van der Waals surface area (Å²) in [4.78, 5) is 24.5. The molecule has 1 atom stereocenters. The summed E-state index contributed by atoms with van der Waals surface area (Å²) in [7, 11) is 0. The molecule has 37 heavy (non-hydrogen) atoms. The molecule has 3 aliphatic heterocycles. The van der Waals surface area contributed by atoms with Crippen molar-refractivity contribution in [3.05, 3.63) is 30.1 Å². The van der Waals surface area contributed by atoms with Crippen molar-refractivity contribution >= 4 is 23.7 Å². The summed E-state index contributed by atoms with van der Waals surface area (Å²) in [5.74, 6) is -3.63. The number of carbonyl (C=O) groups is 2. The van der Waals surface area contributed by atoms with Crippen molar-refractivity contribution in [2.75, 3.05) is 38.7 Å². The molecule has 1 spiro atoms. The van der Waals surface area contributed by atoms with Crippen LogP contribution in [-0.2, 0) is 25.6 Å². The molecule has 4 heterocycles. The molecule has 8 nitrogen and oxygen atoms in total. The molecule has 0 amide bonds. The maximum Gasteiger partial charge on any atom is 0.490 e. The van der Waals surface area contributed by atoms with Crippen LogP contribution in [0.15, 0.2) is 24.5 Å². The topological polar surface area (TPSA) is 109 Å². The van der Waals surface area contributed by atoms with Crippen LogP contribution in [-0.4, -0.2) is 93.9 Å². The number of aromatic nitrogens is 1. The molecule has 1 aromatic rings. The molecule has 3 saturated heterocycles. The zero-order valence-corrected chi connectivity index (χ0v) is 20.4. The van der Waals surface area contributed by atoms with E-state index in [1.807, 2.05) is 18.5 Å². The summed E-state index contributed by atoms with van der Waals surface area (Å²) < 4.78 is 75.6. The summed E-state index contributed by atoms with van der Waals surface area (Å²) in [6, 6.07) is 4.19. The highest BCUT2D eigenvalue weighted by Gasteiger charge is 2.49. The van der Waals surface area contributed by atoms with E-state index >= 15 is 0 Å². The highest BCUT2D eigenvalue weighted by molar-refractivity contribution is 8.01. The number of pyridine rings is 1. The van der Waals surface area contributed by atoms with Gasteiger partial charge in [-0.2, -0.15) is 26.3 Å². The molecular weight excluding hydrogens is 534 g/mol. The standard InChI is InChI=1S/C18H26N2O2S.2C2HF3O2/c1-2-16(9-19-5-1)10-20-13-18(14-20)8-17(12-23-18)22-11-15-3-6-21-7-4-15;2*3-2(4,5)1(6)7/h1-2,5,9,15,17H,3-4,6-8,10-14H2;2*(H,6,7). The molecule has 3 fully saturated rings. The van der Waals surface area contributed by atoms with Gasteiger partial charge in [0.1, 0.15) is 0 Å². The number of halogens is 6. The van der Waals surface area contributed by atoms with Crippen LogP contribution in [0.2, 0.25) is 0 Å². The van der Waals surface area contributed by atoms with E-state index in [0.29, 0.717) is 16.8 Å². The third-order valence-electron chi connectivity index (χ3n) is 5.72. The Morgan fingerprint density at radius 2 is 1.68 bits per heavy atom. The van der Waals surface area contributed by atoms with Crippen LogP contribution in [0.3, 0.4) is 0 Å². The molecule has 4 rings (SSSR count). The fourth-order valence-corrected chi connectivity index (χ4v) is 5.55. The van der Waals surface area contributed by atoms with Gasteiger partial charge in [-0.15, -0.1) is 11.8 Å². The zero-order valence-electron chi connectivity index (χ0n) is 19.6. The van der Waals surface area contributed by atoms with Gasteiger partial charge < -0.3 is 19.7 Å². The first kappa shape index (κ1) is 31.1. The summed E-state index contributed by atoms with van der Waals surface area (Å²) in [6.45, 7) is 6.20. The molecule has 3 aliphatic rings. The number of nitrogens with zero attached hydrogens (tertiary/aromatic N) is 2. The van der Waals surface area contributed by atoms with Crippen molar-refractivity contribution < 1.29 is 55.6 Å². The molecular formula is C22H28F6N2O6S. The Morgan fingerprint density at radius 1 is 1.11 bits per heavy atom. The normalized spacial score (nSPS) is 21.7. The molecule has 1 aromatic heterocycles. The quantitative estimate of drug-likeness (QED) is 0.518. The monoisotopic (exact) mass is 562 g/mol. The minimum absolute atomic E-state index is 0.461. The molecule has 0 aromatic carbocycles. The van der Waals surface area contributed by atoms with Crippen LogP contribution in [0.5, 0.6) is 0 Å². The molecule has 0 bridgehead atoms. The van der Waals surface area contributed by atoms with E-state index in [4.69, 9.17) is 29.3 Å². The fraction of sp³-hybridized carbons (Fsp3) is 0.682.